The maximum Gasteiger partial charge on any atom is 0.160 e. The van der Waals surface area contributed by atoms with E-state index in [2.05, 4.69) is 121 Å². The molecule has 4 nitrogen and oxygen atoms in total. The summed E-state index contributed by atoms with van der Waals surface area (Å²) in [6.45, 7) is 0. The fourth-order valence-electron chi connectivity index (χ4n) is 8.21. The lowest BCUT2D eigenvalue weighted by atomic mass is 9.63. The van der Waals surface area contributed by atoms with E-state index in [1.54, 1.807) is 0 Å². The van der Waals surface area contributed by atoms with Crippen molar-refractivity contribution in [1.29, 1.82) is 0 Å². The molecule has 7 aromatic rings. The summed E-state index contributed by atoms with van der Waals surface area (Å²) in [4.78, 5) is 15.1. The van der Waals surface area contributed by atoms with Crippen molar-refractivity contribution < 1.29 is 4.74 Å². The van der Waals surface area contributed by atoms with Crippen LogP contribution in [0.15, 0.2) is 176 Å². The van der Waals surface area contributed by atoms with Crippen LogP contribution in [-0.2, 0) is 5.41 Å². The molecule has 1 atom stereocenters. The number of pyridine rings is 1. The highest BCUT2D eigenvalue weighted by Crippen LogP contribution is 2.61. The van der Waals surface area contributed by atoms with Crippen LogP contribution in [0.2, 0.25) is 0 Å². The minimum atomic E-state index is -0.441. The molecule has 0 radical (unpaired) electrons. The molecule has 0 saturated carbocycles. The van der Waals surface area contributed by atoms with E-state index in [1.165, 1.54) is 27.8 Å². The quantitative estimate of drug-likeness (QED) is 0.192. The zero-order chi connectivity index (χ0) is 33.1. The van der Waals surface area contributed by atoms with E-state index in [9.17, 15) is 0 Å². The number of ether oxygens (including phenoxy) is 1. The molecule has 3 aliphatic rings. The number of hydrogen-bond acceptors (Lipinski definition) is 4. The molecule has 10 rings (SSSR count). The molecule has 4 heteroatoms. The Kier molecular flexibility index (Phi) is 6.50. The third-order valence-electron chi connectivity index (χ3n) is 10.3. The van der Waals surface area contributed by atoms with Gasteiger partial charge in [-0.05, 0) is 52.1 Å². The van der Waals surface area contributed by atoms with E-state index in [0.717, 1.165) is 57.1 Å². The van der Waals surface area contributed by atoms with Gasteiger partial charge < -0.3 is 4.74 Å². The number of benzene rings is 5. The van der Waals surface area contributed by atoms with Gasteiger partial charge in [0, 0.05) is 40.4 Å². The molecule has 0 saturated heterocycles. The Hall–Kier alpha value is -6.39. The first-order valence-corrected chi connectivity index (χ1v) is 17.1. The predicted octanol–water partition coefficient (Wildman–Crippen LogP) is 10.5. The molecule has 2 aliphatic carbocycles. The second-order valence-corrected chi connectivity index (χ2v) is 13.0. The van der Waals surface area contributed by atoms with Crippen molar-refractivity contribution in [2.24, 2.45) is 0 Å². The summed E-state index contributed by atoms with van der Waals surface area (Å²) in [5.74, 6) is 1.57. The molecular formula is C46H31N3O. The van der Waals surface area contributed by atoms with Gasteiger partial charge in [-0.15, -0.1) is 0 Å². The molecule has 236 valence electrons. The average Bonchev–Trinajstić information content (AvgIpc) is 3.49. The van der Waals surface area contributed by atoms with Gasteiger partial charge in [-0.25, -0.2) is 9.97 Å². The summed E-state index contributed by atoms with van der Waals surface area (Å²) < 4.78 is 6.94. The molecule has 5 aromatic carbocycles. The van der Waals surface area contributed by atoms with E-state index < -0.39 is 5.41 Å². The van der Waals surface area contributed by atoms with E-state index in [0.29, 0.717) is 5.82 Å². The van der Waals surface area contributed by atoms with Gasteiger partial charge in [-0.2, -0.15) is 0 Å². The first-order valence-electron chi connectivity index (χ1n) is 17.1. The van der Waals surface area contributed by atoms with Crippen molar-refractivity contribution in [3.63, 3.8) is 0 Å². The second-order valence-electron chi connectivity index (χ2n) is 13.0. The molecule has 0 amide bonds. The number of rotatable bonds is 4. The normalized spacial score (nSPS) is 16.1. The Morgan fingerprint density at radius 3 is 1.98 bits per heavy atom. The van der Waals surface area contributed by atoms with Crippen LogP contribution in [0.5, 0.6) is 5.75 Å². The van der Waals surface area contributed by atoms with Crippen LogP contribution in [0.25, 0.3) is 56.3 Å². The minimum absolute atomic E-state index is 0.0751. The van der Waals surface area contributed by atoms with Gasteiger partial charge in [-0.1, -0.05) is 140 Å². The lowest BCUT2D eigenvalue weighted by Gasteiger charge is -2.45. The molecule has 2 aromatic heterocycles. The van der Waals surface area contributed by atoms with Gasteiger partial charge in [0.2, 0.25) is 0 Å². The SMILES string of the molecule is C1=CCC2Oc3cc(-c4ncccc4-c4cc(-c5ccccc5)nc(-c5ccccc5)n4)ccc3C3(C2=C1)c1ccccc1-c1ccccc13. The van der Waals surface area contributed by atoms with Crippen LogP contribution in [0.4, 0.5) is 0 Å². The van der Waals surface area contributed by atoms with Crippen LogP contribution in [0.1, 0.15) is 23.1 Å². The van der Waals surface area contributed by atoms with Crippen LogP contribution in [-0.4, -0.2) is 21.1 Å². The number of fused-ring (bicyclic) bond motifs is 9. The van der Waals surface area contributed by atoms with Crippen LogP contribution >= 0.6 is 0 Å². The van der Waals surface area contributed by atoms with Crippen molar-refractivity contribution >= 4 is 0 Å². The zero-order valence-corrected chi connectivity index (χ0v) is 27.2. The summed E-state index contributed by atoms with van der Waals surface area (Å²) in [6, 6.07) is 51.0. The highest BCUT2D eigenvalue weighted by molar-refractivity contribution is 5.89. The number of aromatic nitrogens is 3. The standard InChI is InChI=1S/C46H31N3O/c1-3-14-30(15-4-1)40-29-41(49-45(48-40)31-16-5-2-6-17-31)35-20-13-27-47-44(35)32-25-26-39-43(28-32)50-42-24-12-11-23-38(42)46(39)36-21-9-7-18-33(36)34-19-8-10-22-37(34)46/h1-23,25-29,42H,24H2. The van der Waals surface area contributed by atoms with Gasteiger partial charge >= 0.3 is 0 Å². The number of hydrogen-bond donors (Lipinski definition) is 0. The largest absolute Gasteiger partial charge is 0.485 e. The van der Waals surface area contributed by atoms with E-state index in [1.807, 2.05) is 48.7 Å². The second kappa shape index (κ2) is 11.4. The summed E-state index contributed by atoms with van der Waals surface area (Å²) in [6.07, 6.45) is 9.29. The van der Waals surface area contributed by atoms with Crippen molar-refractivity contribution in [3.05, 3.63) is 192 Å². The molecule has 50 heavy (non-hydrogen) atoms. The highest BCUT2D eigenvalue weighted by atomic mass is 16.5. The van der Waals surface area contributed by atoms with Gasteiger partial charge in [-0.3, -0.25) is 4.98 Å². The molecule has 0 N–H and O–H groups in total. The van der Waals surface area contributed by atoms with Crippen molar-refractivity contribution in [1.82, 2.24) is 15.0 Å². The van der Waals surface area contributed by atoms with Gasteiger partial charge in [0.15, 0.2) is 5.82 Å². The van der Waals surface area contributed by atoms with Crippen molar-refractivity contribution in [2.45, 2.75) is 17.9 Å². The summed E-state index contributed by atoms with van der Waals surface area (Å²) in [7, 11) is 0. The molecule has 1 unspecified atom stereocenters. The molecule has 1 spiro atoms. The lowest BCUT2D eigenvalue weighted by molar-refractivity contribution is 0.205. The molecule has 0 bridgehead atoms. The molecule has 3 heterocycles. The summed E-state index contributed by atoms with van der Waals surface area (Å²) in [5, 5.41) is 0. The van der Waals surface area contributed by atoms with E-state index in [-0.39, 0.29) is 6.10 Å². The van der Waals surface area contributed by atoms with Crippen LogP contribution in [0, 0.1) is 0 Å². The topological polar surface area (TPSA) is 47.9 Å². The van der Waals surface area contributed by atoms with Crippen LogP contribution in [0.3, 0.4) is 0 Å². The third kappa shape index (κ3) is 4.28. The monoisotopic (exact) mass is 641 g/mol. The Balaban J connectivity index is 1.17. The first kappa shape index (κ1) is 28.6. The van der Waals surface area contributed by atoms with Gasteiger partial charge in [0.1, 0.15) is 11.9 Å². The van der Waals surface area contributed by atoms with Crippen LogP contribution < -0.4 is 4.74 Å². The highest BCUT2D eigenvalue weighted by Gasteiger charge is 2.53. The fraction of sp³-hybridized carbons (Fsp3) is 0.0652. The van der Waals surface area contributed by atoms with E-state index in [4.69, 9.17) is 19.7 Å². The van der Waals surface area contributed by atoms with Gasteiger partial charge in [0.05, 0.1) is 22.5 Å². The molecule has 1 aliphatic heterocycles. The lowest BCUT2D eigenvalue weighted by Crippen LogP contribution is -2.42. The Bertz CT molecular complexity index is 2400. The van der Waals surface area contributed by atoms with E-state index >= 15 is 0 Å². The smallest absolute Gasteiger partial charge is 0.160 e. The van der Waals surface area contributed by atoms with Crippen molar-refractivity contribution in [3.8, 4) is 62.0 Å². The van der Waals surface area contributed by atoms with Gasteiger partial charge in [0.25, 0.3) is 0 Å². The summed E-state index contributed by atoms with van der Waals surface area (Å²) >= 11 is 0. The third-order valence-corrected chi connectivity index (χ3v) is 10.3. The number of nitrogens with zero attached hydrogens (tertiary/aromatic N) is 3. The molecule has 0 fully saturated rings. The maximum atomic E-state index is 6.94. The number of allylic oxidation sites excluding steroid dienone is 2. The Morgan fingerprint density at radius 1 is 0.560 bits per heavy atom. The molecular weight excluding hydrogens is 611 g/mol. The minimum Gasteiger partial charge on any atom is -0.485 e. The Labute approximate surface area is 291 Å². The first-order chi connectivity index (χ1) is 24.8. The zero-order valence-electron chi connectivity index (χ0n) is 27.2. The Morgan fingerprint density at radius 2 is 1.22 bits per heavy atom. The average molecular weight is 642 g/mol. The summed E-state index contributed by atoms with van der Waals surface area (Å²) in [5.41, 5.74) is 13.7. The maximum absolute atomic E-state index is 6.94. The van der Waals surface area contributed by atoms with Crippen molar-refractivity contribution in [2.75, 3.05) is 0 Å². The predicted molar refractivity (Wildman–Crippen MR) is 200 cm³/mol. The fourth-order valence-corrected chi connectivity index (χ4v) is 8.21.